The standard InChI is InChI=1S/C31H32ClNO4.C4H10.C2H6/c1-21-4-10-25(11-5-21)26-14-16-28(17-15-26)37-29(22(2)6-7-23(3)32)20-24-8-12-27(13-9-24)31(36)33-19-18-30(34)35;1-3-4-2;1-2/h4-17,29H,18-20H2,1-3H3,(H,33,36)(H,34,35);3-4H2,1-2H3;1-2H3/b22-6+,23-7+;;. The van der Waals surface area contributed by atoms with Crippen LogP contribution in [0.15, 0.2) is 95.6 Å². The quantitative estimate of drug-likeness (QED) is 0.201. The van der Waals surface area contributed by atoms with Gasteiger partial charge >= 0.3 is 5.97 Å². The fourth-order valence-corrected chi connectivity index (χ4v) is 3.74. The number of nitrogens with one attached hydrogen (secondary N) is 1. The van der Waals surface area contributed by atoms with Gasteiger partial charge < -0.3 is 15.2 Å². The first-order valence-electron chi connectivity index (χ1n) is 15.1. The molecule has 0 fully saturated rings. The Morgan fingerprint density at radius 1 is 0.860 bits per heavy atom. The van der Waals surface area contributed by atoms with E-state index in [0.717, 1.165) is 28.0 Å². The van der Waals surface area contributed by atoms with Crippen LogP contribution in [0.1, 0.15) is 82.3 Å². The van der Waals surface area contributed by atoms with Crippen molar-refractivity contribution in [1.82, 2.24) is 5.32 Å². The molecule has 0 saturated heterocycles. The van der Waals surface area contributed by atoms with Gasteiger partial charge in [0.2, 0.25) is 0 Å². The molecule has 0 aromatic heterocycles. The smallest absolute Gasteiger partial charge is 0.305 e. The van der Waals surface area contributed by atoms with Crippen LogP contribution in [-0.4, -0.2) is 29.6 Å². The maximum Gasteiger partial charge on any atom is 0.305 e. The molecule has 6 heteroatoms. The molecule has 0 aliphatic carbocycles. The van der Waals surface area contributed by atoms with E-state index in [-0.39, 0.29) is 25.0 Å². The third-order valence-electron chi connectivity index (χ3n) is 6.36. The minimum atomic E-state index is -0.950. The van der Waals surface area contributed by atoms with Crippen molar-refractivity contribution in [3.05, 3.63) is 112 Å². The fourth-order valence-electron chi connectivity index (χ4n) is 3.68. The number of carboxylic acid groups (broad SMARTS) is 1. The van der Waals surface area contributed by atoms with Crippen LogP contribution in [0, 0.1) is 6.92 Å². The summed E-state index contributed by atoms with van der Waals surface area (Å²) in [5.74, 6) is -0.489. The molecule has 0 bridgehead atoms. The maximum atomic E-state index is 12.2. The summed E-state index contributed by atoms with van der Waals surface area (Å²) < 4.78 is 6.40. The lowest BCUT2D eigenvalue weighted by Crippen LogP contribution is -2.26. The van der Waals surface area contributed by atoms with E-state index >= 15 is 0 Å². The molecule has 1 unspecified atom stereocenters. The molecule has 0 radical (unpaired) electrons. The molecule has 0 saturated carbocycles. The van der Waals surface area contributed by atoms with E-state index in [1.807, 2.05) is 64.1 Å². The number of carboxylic acids is 1. The van der Waals surface area contributed by atoms with Crippen molar-refractivity contribution in [1.29, 1.82) is 0 Å². The number of amides is 1. The number of carbonyl (C=O) groups is 2. The molecule has 0 spiro atoms. The molecule has 3 aromatic carbocycles. The molecule has 1 atom stereocenters. The van der Waals surface area contributed by atoms with Gasteiger partial charge in [0.25, 0.3) is 5.91 Å². The molecule has 1 amide bonds. The molecule has 3 aromatic rings. The van der Waals surface area contributed by atoms with E-state index in [2.05, 4.69) is 62.5 Å². The number of aliphatic carboxylic acids is 1. The van der Waals surface area contributed by atoms with Crippen molar-refractivity contribution in [3.8, 4) is 16.9 Å². The van der Waals surface area contributed by atoms with E-state index in [1.54, 1.807) is 12.1 Å². The topological polar surface area (TPSA) is 75.6 Å². The number of benzene rings is 3. The highest BCUT2D eigenvalue weighted by molar-refractivity contribution is 6.29. The first-order valence-corrected chi connectivity index (χ1v) is 15.4. The Balaban J connectivity index is 0.00000142. The summed E-state index contributed by atoms with van der Waals surface area (Å²) in [7, 11) is 0. The second-order valence-corrected chi connectivity index (χ2v) is 10.6. The van der Waals surface area contributed by atoms with Crippen molar-refractivity contribution < 1.29 is 19.4 Å². The lowest BCUT2D eigenvalue weighted by atomic mass is 10.00. The van der Waals surface area contributed by atoms with Gasteiger partial charge in [-0.05, 0) is 73.4 Å². The van der Waals surface area contributed by atoms with Crippen LogP contribution in [0.3, 0.4) is 0 Å². The van der Waals surface area contributed by atoms with E-state index in [1.165, 1.54) is 18.4 Å². The van der Waals surface area contributed by atoms with Crippen molar-refractivity contribution >= 4 is 23.5 Å². The van der Waals surface area contributed by atoms with Crippen LogP contribution in [-0.2, 0) is 11.2 Å². The molecule has 2 N–H and O–H groups in total. The zero-order chi connectivity index (χ0) is 32.2. The van der Waals surface area contributed by atoms with Crippen molar-refractivity contribution in [2.75, 3.05) is 6.54 Å². The largest absolute Gasteiger partial charge is 0.486 e. The Bertz CT molecular complexity index is 1290. The van der Waals surface area contributed by atoms with Gasteiger partial charge in [0, 0.05) is 23.6 Å². The molecule has 0 heterocycles. The third-order valence-corrected chi connectivity index (χ3v) is 6.49. The van der Waals surface area contributed by atoms with Gasteiger partial charge in [0.05, 0.1) is 6.42 Å². The van der Waals surface area contributed by atoms with Gasteiger partial charge in [-0.25, -0.2) is 0 Å². The molecule has 5 nitrogen and oxygen atoms in total. The Morgan fingerprint density at radius 3 is 1.88 bits per heavy atom. The third kappa shape index (κ3) is 14.8. The number of allylic oxidation sites excluding steroid dienone is 3. The lowest BCUT2D eigenvalue weighted by Gasteiger charge is -2.21. The van der Waals surface area contributed by atoms with E-state index in [0.29, 0.717) is 17.0 Å². The second-order valence-electron chi connectivity index (χ2n) is 9.96. The molecule has 232 valence electrons. The van der Waals surface area contributed by atoms with Gasteiger partial charge in [0.15, 0.2) is 0 Å². The summed E-state index contributed by atoms with van der Waals surface area (Å²) in [6, 6.07) is 23.7. The van der Waals surface area contributed by atoms with Crippen LogP contribution in [0.25, 0.3) is 11.1 Å². The summed E-state index contributed by atoms with van der Waals surface area (Å²) in [5.41, 5.74) is 5.99. The van der Waals surface area contributed by atoms with Gasteiger partial charge in [-0.15, -0.1) is 0 Å². The molecular weight excluding hydrogens is 558 g/mol. The molecule has 0 aliphatic rings. The average molecular weight is 606 g/mol. The number of unbranched alkanes of at least 4 members (excludes halogenated alkanes) is 1. The van der Waals surface area contributed by atoms with Crippen LogP contribution in [0.2, 0.25) is 0 Å². The van der Waals surface area contributed by atoms with Crippen molar-refractivity contribution in [3.63, 3.8) is 0 Å². The number of ether oxygens (including phenoxy) is 1. The number of rotatable bonds is 12. The summed E-state index contributed by atoms with van der Waals surface area (Å²) >= 11 is 6.04. The number of carbonyl (C=O) groups excluding carboxylic acids is 1. The zero-order valence-electron chi connectivity index (χ0n) is 26.7. The van der Waals surface area contributed by atoms with Crippen LogP contribution < -0.4 is 10.1 Å². The predicted octanol–water partition coefficient (Wildman–Crippen LogP) is 9.78. The first kappa shape index (κ1) is 37.2. The highest BCUT2D eigenvalue weighted by atomic mass is 35.5. The lowest BCUT2D eigenvalue weighted by molar-refractivity contribution is -0.136. The Morgan fingerprint density at radius 2 is 1.40 bits per heavy atom. The zero-order valence-corrected chi connectivity index (χ0v) is 27.5. The Hall–Kier alpha value is -3.83. The van der Waals surface area contributed by atoms with Crippen molar-refractivity contribution in [2.45, 2.75) is 80.3 Å². The van der Waals surface area contributed by atoms with E-state index in [4.69, 9.17) is 21.4 Å². The number of halogens is 1. The highest BCUT2D eigenvalue weighted by Crippen LogP contribution is 2.25. The van der Waals surface area contributed by atoms with Gasteiger partial charge in [-0.3, -0.25) is 9.59 Å². The van der Waals surface area contributed by atoms with Gasteiger partial charge in [-0.1, -0.05) is 112 Å². The van der Waals surface area contributed by atoms with E-state index in [9.17, 15) is 9.59 Å². The summed E-state index contributed by atoms with van der Waals surface area (Å²) in [6.45, 7) is 14.4. The monoisotopic (exact) mass is 605 g/mol. The molecular formula is C37H48ClNO4. The summed E-state index contributed by atoms with van der Waals surface area (Å²) in [6.07, 6.45) is 6.68. The number of aryl methyl sites for hydroxylation is 1. The van der Waals surface area contributed by atoms with Gasteiger partial charge in [-0.2, -0.15) is 0 Å². The highest BCUT2D eigenvalue weighted by Gasteiger charge is 2.15. The Labute approximate surface area is 263 Å². The number of hydrogen-bond donors (Lipinski definition) is 2. The minimum Gasteiger partial charge on any atom is -0.486 e. The maximum absolute atomic E-state index is 12.2. The molecule has 3 rings (SSSR count). The Kier molecular flexibility index (Phi) is 18.1. The fraction of sp³-hybridized carbons (Fsp3) is 0.351. The molecule has 0 aliphatic heterocycles. The second kappa shape index (κ2) is 21.0. The minimum absolute atomic E-state index is 0.0893. The summed E-state index contributed by atoms with van der Waals surface area (Å²) in [5, 5.41) is 12.0. The van der Waals surface area contributed by atoms with Crippen LogP contribution in [0.5, 0.6) is 5.75 Å². The SMILES string of the molecule is C/C(Cl)=C\C=C(/C)C(Cc1ccc(C(=O)NCCC(=O)O)cc1)Oc1ccc(-c2ccc(C)cc2)cc1.CC.CCCC. The van der Waals surface area contributed by atoms with Gasteiger partial charge in [0.1, 0.15) is 11.9 Å². The van der Waals surface area contributed by atoms with E-state index < -0.39 is 5.97 Å². The number of hydrogen-bond acceptors (Lipinski definition) is 3. The average Bonchev–Trinajstić information content (AvgIpc) is 3.01. The first-order chi connectivity index (χ1) is 20.6. The predicted molar refractivity (Wildman–Crippen MR) is 181 cm³/mol. The van der Waals surface area contributed by atoms with Crippen molar-refractivity contribution in [2.24, 2.45) is 0 Å². The van der Waals surface area contributed by atoms with Crippen LogP contribution >= 0.6 is 11.6 Å². The van der Waals surface area contributed by atoms with Crippen LogP contribution in [0.4, 0.5) is 0 Å². The normalized spacial score (nSPS) is 11.7. The molecule has 43 heavy (non-hydrogen) atoms. The summed E-state index contributed by atoms with van der Waals surface area (Å²) in [4.78, 5) is 22.9.